The number of rotatable bonds is 13. The van der Waals surface area contributed by atoms with Gasteiger partial charge in [-0.25, -0.2) is 0 Å². The van der Waals surface area contributed by atoms with Crippen molar-refractivity contribution in [2.24, 2.45) is 17.2 Å². The van der Waals surface area contributed by atoms with Crippen LogP contribution in [0.4, 0.5) is 0 Å². The highest BCUT2D eigenvalue weighted by Crippen LogP contribution is 2.14. The van der Waals surface area contributed by atoms with E-state index in [2.05, 4.69) is 0 Å². The molecule has 0 saturated carbocycles. The predicted octanol–water partition coefficient (Wildman–Crippen LogP) is -0.813. The molecule has 0 spiro atoms. The van der Waals surface area contributed by atoms with E-state index in [4.69, 9.17) is 26.7 Å². The molecule has 6 heteroatoms. The Balaban J connectivity index is 3.60. The molecular weight excluding hydrogens is 234 g/mol. The smallest absolute Gasteiger partial charge is 0.0813 e. The van der Waals surface area contributed by atoms with Crippen LogP contribution >= 0.6 is 0 Å². The van der Waals surface area contributed by atoms with E-state index < -0.39 is 5.60 Å². The molecule has 0 aromatic heterocycles. The number of aliphatic hydroxyl groups is 1. The standard InChI is InChI=1S/C12H29N3O3/c13-5-1-7-17-9-3-12(16,11-15)4-10-18-8-2-6-14/h16H,1-11,13-15H2. The van der Waals surface area contributed by atoms with Crippen molar-refractivity contribution in [1.82, 2.24) is 0 Å². The number of nitrogens with two attached hydrogens (primary N) is 3. The van der Waals surface area contributed by atoms with E-state index in [9.17, 15) is 5.11 Å². The van der Waals surface area contributed by atoms with Gasteiger partial charge in [0.1, 0.15) is 0 Å². The first-order valence-corrected chi connectivity index (χ1v) is 6.66. The van der Waals surface area contributed by atoms with Crippen molar-refractivity contribution >= 4 is 0 Å². The van der Waals surface area contributed by atoms with Crippen molar-refractivity contribution in [3.63, 3.8) is 0 Å². The summed E-state index contributed by atoms with van der Waals surface area (Å²) in [6.45, 7) is 3.71. The maximum Gasteiger partial charge on any atom is 0.0813 e. The van der Waals surface area contributed by atoms with Crippen LogP contribution in [0.1, 0.15) is 25.7 Å². The molecule has 0 aliphatic rings. The Morgan fingerprint density at radius 2 is 1.22 bits per heavy atom. The molecule has 0 unspecified atom stereocenters. The molecule has 0 atom stereocenters. The highest BCUT2D eigenvalue weighted by molar-refractivity contribution is 4.79. The Kier molecular flexibility index (Phi) is 11.7. The van der Waals surface area contributed by atoms with Crippen molar-refractivity contribution in [2.75, 3.05) is 46.1 Å². The Morgan fingerprint density at radius 3 is 1.56 bits per heavy atom. The van der Waals surface area contributed by atoms with E-state index in [0.717, 1.165) is 12.8 Å². The van der Waals surface area contributed by atoms with Crippen LogP contribution in [0.25, 0.3) is 0 Å². The first kappa shape index (κ1) is 17.8. The van der Waals surface area contributed by atoms with E-state index in [1.54, 1.807) is 0 Å². The third kappa shape index (κ3) is 9.76. The van der Waals surface area contributed by atoms with Gasteiger partial charge in [0, 0.05) is 45.8 Å². The second kappa shape index (κ2) is 11.8. The van der Waals surface area contributed by atoms with Crippen LogP contribution in [0, 0.1) is 0 Å². The number of hydrogen-bond acceptors (Lipinski definition) is 6. The minimum Gasteiger partial charge on any atom is -0.388 e. The maximum atomic E-state index is 10.2. The van der Waals surface area contributed by atoms with Crippen LogP contribution in [-0.2, 0) is 9.47 Å². The monoisotopic (exact) mass is 263 g/mol. The van der Waals surface area contributed by atoms with Gasteiger partial charge in [-0.2, -0.15) is 0 Å². The fourth-order valence-electron chi connectivity index (χ4n) is 1.43. The van der Waals surface area contributed by atoms with Gasteiger partial charge in [0.15, 0.2) is 0 Å². The zero-order valence-corrected chi connectivity index (χ0v) is 11.3. The van der Waals surface area contributed by atoms with Crippen molar-refractivity contribution in [1.29, 1.82) is 0 Å². The Bertz CT molecular complexity index is 168. The van der Waals surface area contributed by atoms with Gasteiger partial charge in [0.05, 0.1) is 5.60 Å². The van der Waals surface area contributed by atoms with Gasteiger partial charge < -0.3 is 31.8 Å². The largest absolute Gasteiger partial charge is 0.388 e. The predicted molar refractivity (Wildman–Crippen MR) is 72.2 cm³/mol. The van der Waals surface area contributed by atoms with Crippen LogP contribution in [0.3, 0.4) is 0 Å². The van der Waals surface area contributed by atoms with E-state index in [1.165, 1.54) is 0 Å². The average Bonchev–Trinajstić information content (AvgIpc) is 2.38. The maximum absolute atomic E-state index is 10.2. The molecule has 0 saturated heterocycles. The van der Waals surface area contributed by atoms with Crippen molar-refractivity contribution in [3.05, 3.63) is 0 Å². The van der Waals surface area contributed by atoms with Gasteiger partial charge in [0.25, 0.3) is 0 Å². The Morgan fingerprint density at radius 1 is 0.778 bits per heavy atom. The van der Waals surface area contributed by atoms with Crippen molar-refractivity contribution < 1.29 is 14.6 Å². The van der Waals surface area contributed by atoms with Gasteiger partial charge in [-0.15, -0.1) is 0 Å². The molecule has 18 heavy (non-hydrogen) atoms. The lowest BCUT2D eigenvalue weighted by atomic mass is 9.97. The van der Waals surface area contributed by atoms with Gasteiger partial charge in [-0.05, 0) is 25.9 Å². The highest BCUT2D eigenvalue weighted by atomic mass is 16.5. The lowest BCUT2D eigenvalue weighted by Gasteiger charge is -2.26. The van der Waals surface area contributed by atoms with Gasteiger partial charge in [-0.3, -0.25) is 0 Å². The quantitative estimate of drug-likeness (QED) is 0.323. The third-order valence-electron chi connectivity index (χ3n) is 2.79. The number of ether oxygens (including phenoxy) is 2. The summed E-state index contributed by atoms with van der Waals surface area (Å²) in [5.41, 5.74) is 15.4. The molecule has 0 bridgehead atoms. The van der Waals surface area contributed by atoms with E-state index in [-0.39, 0.29) is 6.54 Å². The van der Waals surface area contributed by atoms with Gasteiger partial charge >= 0.3 is 0 Å². The zero-order chi connectivity index (χ0) is 13.7. The summed E-state index contributed by atoms with van der Waals surface area (Å²) < 4.78 is 10.7. The van der Waals surface area contributed by atoms with E-state index >= 15 is 0 Å². The fraction of sp³-hybridized carbons (Fsp3) is 1.00. The van der Waals surface area contributed by atoms with Crippen LogP contribution in [0.15, 0.2) is 0 Å². The summed E-state index contributed by atoms with van der Waals surface area (Å²) in [6.07, 6.45) is 2.72. The van der Waals surface area contributed by atoms with Crippen molar-refractivity contribution in [3.8, 4) is 0 Å². The summed E-state index contributed by atoms with van der Waals surface area (Å²) in [6, 6.07) is 0. The molecule has 0 amide bonds. The molecule has 0 radical (unpaired) electrons. The van der Waals surface area contributed by atoms with Crippen LogP contribution < -0.4 is 17.2 Å². The van der Waals surface area contributed by atoms with Crippen LogP contribution in [-0.4, -0.2) is 56.8 Å². The SMILES string of the molecule is NCCCOCCC(O)(CN)CCOCCCN. The van der Waals surface area contributed by atoms with Crippen molar-refractivity contribution in [2.45, 2.75) is 31.3 Å². The van der Waals surface area contributed by atoms with Crippen LogP contribution in [0.5, 0.6) is 0 Å². The van der Waals surface area contributed by atoms with E-state index in [1.807, 2.05) is 0 Å². The number of hydrogen-bond donors (Lipinski definition) is 4. The molecule has 0 aliphatic heterocycles. The van der Waals surface area contributed by atoms with Gasteiger partial charge in [-0.1, -0.05) is 0 Å². The third-order valence-corrected chi connectivity index (χ3v) is 2.79. The molecule has 0 aromatic rings. The topological polar surface area (TPSA) is 117 Å². The average molecular weight is 263 g/mol. The molecule has 0 aliphatic carbocycles. The zero-order valence-electron chi connectivity index (χ0n) is 11.3. The molecule has 0 heterocycles. The molecule has 0 aromatic carbocycles. The van der Waals surface area contributed by atoms with Crippen LogP contribution in [0.2, 0.25) is 0 Å². The summed E-state index contributed by atoms with van der Waals surface area (Å²) in [5.74, 6) is 0. The first-order chi connectivity index (χ1) is 8.68. The minimum absolute atomic E-state index is 0.216. The second-order valence-corrected chi connectivity index (χ2v) is 4.44. The second-order valence-electron chi connectivity index (χ2n) is 4.44. The Labute approximate surface area is 110 Å². The first-order valence-electron chi connectivity index (χ1n) is 6.66. The molecular formula is C12H29N3O3. The Hall–Kier alpha value is -0.240. The molecule has 0 fully saturated rings. The fourth-order valence-corrected chi connectivity index (χ4v) is 1.43. The summed E-state index contributed by atoms with van der Waals surface area (Å²) in [7, 11) is 0. The molecule has 0 rings (SSSR count). The summed E-state index contributed by atoms with van der Waals surface area (Å²) in [4.78, 5) is 0. The lowest BCUT2D eigenvalue weighted by Crippen LogP contribution is -2.40. The minimum atomic E-state index is -0.897. The highest BCUT2D eigenvalue weighted by Gasteiger charge is 2.24. The molecule has 6 nitrogen and oxygen atoms in total. The summed E-state index contributed by atoms with van der Waals surface area (Å²) >= 11 is 0. The summed E-state index contributed by atoms with van der Waals surface area (Å²) in [5, 5.41) is 10.2. The van der Waals surface area contributed by atoms with Gasteiger partial charge in [0.2, 0.25) is 0 Å². The van der Waals surface area contributed by atoms with E-state index in [0.29, 0.717) is 52.4 Å². The molecule has 7 N–H and O–H groups in total. The lowest BCUT2D eigenvalue weighted by molar-refractivity contribution is -0.0209. The molecule has 110 valence electrons. The normalized spacial score (nSPS) is 12.0.